The zero-order valence-electron chi connectivity index (χ0n) is 5.49. The maximum Gasteiger partial charge on any atom is 0.478 e. The van der Waals surface area contributed by atoms with E-state index >= 15 is 0 Å². The SMILES string of the molecule is N#CCCCC[B-](F)(F)F. The Bertz CT molecular complexity index is 126. The minimum Gasteiger partial charge on any atom is -0.449 e. The Hall–Kier alpha value is -0.655. The molecule has 0 fully saturated rings. The Kier molecular flexibility index (Phi) is 3.93. The Morgan fingerprint density at radius 3 is 2.20 bits per heavy atom. The first-order chi connectivity index (χ1) is 4.56. The molecule has 0 aliphatic heterocycles. The number of hydrogen-bond acceptors (Lipinski definition) is 1. The van der Waals surface area contributed by atoms with Crippen molar-refractivity contribution >= 4 is 6.98 Å². The van der Waals surface area contributed by atoms with Crippen molar-refractivity contribution in [3.63, 3.8) is 0 Å². The second kappa shape index (κ2) is 4.21. The number of halogens is 3. The highest BCUT2D eigenvalue weighted by Gasteiger charge is 2.20. The molecule has 0 aliphatic carbocycles. The summed E-state index contributed by atoms with van der Waals surface area (Å²) >= 11 is 0. The third kappa shape index (κ3) is 7.34. The molecule has 0 rings (SSSR count). The van der Waals surface area contributed by atoms with Gasteiger partial charge in [0.2, 0.25) is 0 Å². The van der Waals surface area contributed by atoms with E-state index in [0.29, 0.717) is 6.42 Å². The molecule has 0 spiro atoms. The van der Waals surface area contributed by atoms with E-state index in [1.807, 2.05) is 0 Å². The molecule has 0 unspecified atom stereocenters. The predicted octanol–water partition coefficient (Wildman–Crippen LogP) is 2.53. The minimum absolute atomic E-state index is 0.0943. The van der Waals surface area contributed by atoms with Crippen molar-refractivity contribution in [2.45, 2.75) is 25.6 Å². The second-order valence-corrected chi connectivity index (χ2v) is 2.11. The fourth-order valence-corrected chi connectivity index (χ4v) is 0.580. The van der Waals surface area contributed by atoms with Gasteiger partial charge in [-0.25, -0.2) is 0 Å². The van der Waals surface area contributed by atoms with Crippen LogP contribution in [0.1, 0.15) is 19.3 Å². The monoisotopic (exact) mass is 150 g/mol. The first-order valence-corrected chi connectivity index (χ1v) is 3.14. The first-order valence-electron chi connectivity index (χ1n) is 3.14. The molecule has 0 aromatic rings. The highest BCUT2D eigenvalue weighted by molar-refractivity contribution is 6.58. The van der Waals surface area contributed by atoms with E-state index in [-0.39, 0.29) is 12.8 Å². The lowest BCUT2D eigenvalue weighted by Gasteiger charge is -2.11. The van der Waals surface area contributed by atoms with Crippen LogP contribution in [0.2, 0.25) is 6.32 Å². The molecule has 10 heavy (non-hydrogen) atoms. The number of nitrogens with zero attached hydrogens (tertiary/aromatic N) is 1. The van der Waals surface area contributed by atoms with Crippen LogP contribution in [0.4, 0.5) is 12.9 Å². The highest BCUT2D eigenvalue weighted by Crippen LogP contribution is 2.18. The van der Waals surface area contributed by atoms with Crippen molar-refractivity contribution in [2.24, 2.45) is 0 Å². The average molecular weight is 150 g/mol. The van der Waals surface area contributed by atoms with Crippen LogP contribution in [0.25, 0.3) is 0 Å². The van der Waals surface area contributed by atoms with E-state index in [0.717, 1.165) is 0 Å². The maximum atomic E-state index is 11.5. The predicted molar refractivity (Wildman–Crippen MR) is 33.3 cm³/mol. The molecule has 0 bridgehead atoms. The lowest BCUT2D eigenvalue weighted by atomic mass is 9.83. The highest BCUT2D eigenvalue weighted by atomic mass is 19.4. The summed E-state index contributed by atoms with van der Waals surface area (Å²) in [4.78, 5) is 0. The van der Waals surface area contributed by atoms with Crippen LogP contribution < -0.4 is 0 Å². The summed E-state index contributed by atoms with van der Waals surface area (Å²) in [7, 11) is 0. The zero-order valence-corrected chi connectivity index (χ0v) is 5.49. The van der Waals surface area contributed by atoms with Crippen LogP contribution in [0, 0.1) is 11.3 Å². The van der Waals surface area contributed by atoms with Gasteiger partial charge in [-0.1, -0.05) is 12.7 Å². The van der Waals surface area contributed by atoms with Crippen LogP contribution in [0.3, 0.4) is 0 Å². The minimum atomic E-state index is -4.63. The molecule has 0 amide bonds. The Morgan fingerprint density at radius 2 is 1.80 bits per heavy atom. The molecular formula is C5H8BF3N-. The standard InChI is InChI=1S/C5H8BF3N/c7-6(8,9)4-2-1-3-5-10/h1-4H2/q-1. The number of unbranched alkanes of at least 4 members (excludes halogenated alkanes) is 2. The number of rotatable bonds is 4. The molecule has 0 saturated carbocycles. The summed E-state index contributed by atoms with van der Waals surface area (Å²) in [6, 6.07) is 1.79. The van der Waals surface area contributed by atoms with Crippen LogP contribution in [-0.2, 0) is 0 Å². The molecule has 0 aliphatic rings. The molecule has 0 atom stereocenters. The van der Waals surface area contributed by atoms with Crippen LogP contribution in [0.15, 0.2) is 0 Å². The van der Waals surface area contributed by atoms with Crippen LogP contribution in [-0.4, -0.2) is 6.98 Å². The number of hydrogen-bond donors (Lipinski definition) is 0. The Balaban J connectivity index is 3.14. The largest absolute Gasteiger partial charge is 0.478 e. The van der Waals surface area contributed by atoms with Crippen molar-refractivity contribution in [2.75, 3.05) is 0 Å². The van der Waals surface area contributed by atoms with E-state index < -0.39 is 13.3 Å². The summed E-state index contributed by atoms with van der Waals surface area (Å²) in [5.74, 6) is 0. The van der Waals surface area contributed by atoms with E-state index in [1.165, 1.54) is 0 Å². The van der Waals surface area contributed by atoms with Gasteiger partial charge < -0.3 is 12.9 Å². The topological polar surface area (TPSA) is 23.8 Å². The molecule has 5 heteroatoms. The molecule has 58 valence electrons. The van der Waals surface area contributed by atoms with Crippen LogP contribution in [0.5, 0.6) is 0 Å². The van der Waals surface area contributed by atoms with Gasteiger partial charge in [-0.3, -0.25) is 0 Å². The lowest BCUT2D eigenvalue weighted by Crippen LogP contribution is -2.13. The quantitative estimate of drug-likeness (QED) is 0.446. The van der Waals surface area contributed by atoms with Gasteiger partial charge in [0, 0.05) is 6.42 Å². The van der Waals surface area contributed by atoms with Crippen molar-refractivity contribution < 1.29 is 12.9 Å². The van der Waals surface area contributed by atoms with Crippen molar-refractivity contribution in [3.8, 4) is 6.07 Å². The molecular weight excluding hydrogens is 142 g/mol. The molecule has 0 heterocycles. The first kappa shape index (κ1) is 9.34. The van der Waals surface area contributed by atoms with Crippen molar-refractivity contribution in [1.29, 1.82) is 5.26 Å². The smallest absolute Gasteiger partial charge is 0.449 e. The van der Waals surface area contributed by atoms with Gasteiger partial charge in [0.15, 0.2) is 0 Å². The Morgan fingerprint density at radius 1 is 1.20 bits per heavy atom. The Labute approximate surface area is 57.9 Å². The van der Waals surface area contributed by atoms with E-state index in [9.17, 15) is 12.9 Å². The molecule has 0 saturated heterocycles. The molecule has 0 aromatic heterocycles. The molecule has 1 nitrogen and oxygen atoms in total. The normalized spacial score (nSPS) is 11.0. The summed E-state index contributed by atoms with van der Waals surface area (Å²) in [5.41, 5.74) is 0. The van der Waals surface area contributed by atoms with Gasteiger partial charge in [0.1, 0.15) is 0 Å². The van der Waals surface area contributed by atoms with Gasteiger partial charge in [0.05, 0.1) is 6.07 Å². The third-order valence-corrected chi connectivity index (χ3v) is 1.07. The van der Waals surface area contributed by atoms with E-state index in [2.05, 4.69) is 0 Å². The van der Waals surface area contributed by atoms with Crippen molar-refractivity contribution in [1.82, 2.24) is 0 Å². The van der Waals surface area contributed by atoms with Gasteiger partial charge in [-0.15, -0.1) is 0 Å². The maximum absolute atomic E-state index is 11.5. The third-order valence-electron chi connectivity index (χ3n) is 1.07. The molecule has 0 radical (unpaired) electrons. The summed E-state index contributed by atoms with van der Waals surface area (Å²) in [6.07, 6.45) is -0.0251. The summed E-state index contributed by atoms with van der Waals surface area (Å²) < 4.78 is 34.4. The zero-order chi connectivity index (χ0) is 8.04. The fraction of sp³-hybridized carbons (Fsp3) is 0.800. The van der Waals surface area contributed by atoms with E-state index in [4.69, 9.17) is 5.26 Å². The van der Waals surface area contributed by atoms with Crippen LogP contribution >= 0.6 is 0 Å². The fourth-order valence-electron chi connectivity index (χ4n) is 0.580. The van der Waals surface area contributed by atoms with Crippen molar-refractivity contribution in [3.05, 3.63) is 0 Å². The molecule has 0 N–H and O–H groups in total. The number of nitriles is 1. The second-order valence-electron chi connectivity index (χ2n) is 2.11. The van der Waals surface area contributed by atoms with Gasteiger partial charge >= 0.3 is 6.98 Å². The van der Waals surface area contributed by atoms with Gasteiger partial charge in [0.25, 0.3) is 0 Å². The average Bonchev–Trinajstić information content (AvgIpc) is 1.78. The van der Waals surface area contributed by atoms with Gasteiger partial charge in [-0.05, 0) is 6.42 Å². The summed E-state index contributed by atoms with van der Waals surface area (Å²) in [5, 5.41) is 7.97. The van der Waals surface area contributed by atoms with Gasteiger partial charge in [-0.2, -0.15) is 5.26 Å². The lowest BCUT2D eigenvalue weighted by molar-refractivity contribution is 0.462. The molecule has 0 aromatic carbocycles. The van der Waals surface area contributed by atoms with E-state index in [1.54, 1.807) is 6.07 Å². The summed E-state index contributed by atoms with van der Waals surface area (Å²) in [6.45, 7) is -4.63.